The van der Waals surface area contributed by atoms with Crippen molar-refractivity contribution in [1.29, 1.82) is 0 Å². The summed E-state index contributed by atoms with van der Waals surface area (Å²) in [5.41, 5.74) is 3.04. The molecule has 3 rings (SSSR count). The average Bonchev–Trinajstić information content (AvgIpc) is 3.00. The molecule has 1 aliphatic heterocycles. The lowest BCUT2D eigenvalue weighted by molar-refractivity contribution is -0.137. The van der Waals surface area contributed by atoms with Crippen LogP contribution in [0, 0.1) is 0 Å². The molecule has 0 amide bonds. The van der Waals surface area contributed by atoms with Gasteiger partial charge in [-0.2, -0.15) is 0 Å². The van der Waals surface area contributed by atoms with Crippen molar-refractivity contribution in [2.45, 2.75) is 13.0 Å². The fraction of sp³-hybridized carbons (Fsp3) is 0.158. The first kappa shape index (κ1) is 16.3. The Morgan fingerprint density at radius 3 is 2.58 bits per heavy atom. The maximum absolute atomic E-state index is 12.0. The van der Waals surface area contributed by atoms with Crippen LogP contribution in [0.3, 0.4) is 0 Å². The summed E-state index contributed by atoms with van der Waals surface area (Å²) in [6, 6.07) is 16.9. The van der Waals surface area contributed by atoms with E-state index in [9.17, 15) is 4.79 Å². The smallest absolute Gasteiger partial charge is 0.331 e. The van der Waals surface area contributed by atoms with Crippen LogP contribution < -0.4 is 0 Å². The molecule has 2 aromatic carbocycles. The highest BCUT2D eigenvalue weighted by atomic mass is 35.5. The summed E-state index contributed by atoms with van der Waals surface area (Å²) in [6.07, 6.45) is 0.976. The van der Waals surface area contributed by atoms with Gasteiger partial charge in [0, 0.05) is 22.2 Å². The van der Waals surface area contributed by atoms with Crippen LogP contribution in [0.25, 0.3) is 0 Å². The van der Waals surface area contributed by atoms with Gasteiger partial charge in [-0.15, -0.1) is 0 Å². The third kappa shape index (κ3) is 3.49. The summed E-state index contributed by atoms with van der Waals surface area (Å²) in [5, 5.41) is 4.82. The van der Waals surface area contributed by atoms with E-state index < -0.39 is 12.1 Å². The molecule has 0 bridgehead atoms. The van der Waals surface area contributed by atoms with Crippen molar-refractivity contribution in [2.24, 2.45) is 5.16 Å². The Kier molecular flexibility index (Phi) is 4.96. The minimum Gasteiger partial charge on any atom is -0.463 e. The molecule has 1 heterocycles. The van der Waals surface area contributed by atoms with Gasteiger partial charge in [-0.25, -0.2) is 4.79 Å². The van der Waals surface area contributed by atoms with Gasteiger partial charge >= 0.3 is 5.97 Å². The number of carbonyl (C=O) groups excluding carboxylic acids is 1. The first-order chi connectivity index (χ1) is 11.7. The molecular weight excluding hydrogens is 326 g/mol. The quantitative estimate of drug-likeness (QED) is 0.615. The molecule has 0 N–H and O–H groups in total. The van der Waals surface area contributed by atoms with E-state index in [0.717, 1.165) is 11.1 Å². The lowest BCUT2D eigenvalue weighted by atomic mass is 9.94. The molecule has 1 atom stereocenters. The molecule has 4 nitrogen and oxygen atoms in total. The van der Waals surface area contributed by atoms with Gasteiger partial charge in [0.15, 0.2) is 6.10 Å². The van der Waals surface area contributed by atoms with Crippen LogP contribution in [0.4, 0.5) is 0 Å². The van der Waals surface area contributed by atoms with Gasteiger partial charge in [0.25, 0.3) is 0 Å². The van der Waals surface area contributed by atoms with Gasteiger partial charge in [0.1, 0.15) is 5.71 Å². The van der Waals surface area contributed by atoms with E-state index in [0.29, 0.717) is 22.9 Å². The summed E-state index contributed by atoms with van der Waals surface area (Å²) >= 11 is 5.95. The Bertz CT molecular complexity index is 782. The van der Waals surface area contributed by atoms with E-state index in [4.69, 9.17) is 21.2 Å². The average molecular weight is 342 g/mol. The van der Waals surface area contributed by atoms with Crippen LogP contribution in [-0.4, -0.2) is 18.3 Å². The maximum Gasteiger partial charge on any atom is 0.331 e. The zero-order valence-corrected chi connectivity index (χ0v) is 13.9. The van der Waals surface area contributed by atoms with E-state index in [-0.39, 0.29) is 0 Å². The highest BCUT2D eigenvalue weighted by Crippen LogP contribution is 2.35. The fourth-order valence-electron chi connectivity index (χ4n) is 2.49. The van der Waals surface area contributed by atoms with Gasteiger partial charge in [-0.3, -0.25) is 0 Å². The van der Waals surface area contributed by atoms with Crippen LogP contribution in [0.15, 0.2) is 71.4 Å². The summed E-state index contributed by atoms with van der Waals surface area (Å²) in [6.45, 7) is 2.08. The number of nitrogens with zero attached hydrogens (tertiary/aromatic N) is 1. The molecule has 122 valence electrons. The standard InChI is InChI=1S/C19H16ClNO3/c1-2-23-17(22)12-16-18(13-6-4-3-5-7-13)21-24-19(16)14-8-10-15(20)11-9-14/h3-12,19H,2H2,1H3/b16-12-. The third-order valence-corrected chi connectivity index (χ3v) is 3.84. The largest absolute Gasteiger partial charge is 0.463 e. The second-order valence-electron chi connectivity index (χ2n) is 5.19. The molecule has 24 heavy (non-hydrogen) atoms. The Hall–Kier alpha value is -2.59. The van der Waals surface area contributed by atoms with E-state index >= 15 is 0 Å². The number of hydrogen-bond acceptors (Lipinski definition) is 4. The highest BCUT2D eigenvalue weighted by Gasteiger charge is 2.31. The lowest BCUT2D eigenvalue weighted by Crippen LogP contribution is -2.11. The van der Waals surface area contributed by atoms with Crippen molar-refractivity contribution in [2.75, 3.05) is 6.61 Å². The zero-order chi connectivity index (χ0) is 16.9. The number of ether oxygens (including phenoxy) is 1. The van der Waals surface area contributed by atoms with Crippen molar-refractivity contribution >= 4 is 23.3 Å². The molecule has 2 aromatic rings. The number of halogens is 1. The number of benzene rings is 2. The van der Waals surface area contributed by atoms with Gasteiger partial charge in [-0.05, 0) is 24.6 Å². The summed E-state index contributed by atoms with van der Waals surface area (Å²) in [5.74, 6) is -0.416. The van der Waals surface area contributed by atoms with Crippen molar-refractivity contribution < 1.29 is 14.4 Å². The molecule has 0 fully saturated rings. The van der Waals surface area contributed by atoms with E-state index in [1.165, 1.54) is 6.08 Å². The van der Waals surface area contributed by atoms with Crippen LogP contribution >= 0.6 is 11.6 Å². The Morgan fingerprint density at radius 1 is 1.21 bits per heavy atom. The normalized spacial score (nSPS) is 18.2. The zero-order valence-electron chi connectivity index (χ0n) is 13.1. The first-order valence-electron chi connectivity index (χ1n) is 7.62. The topological polar surface area (TPSA) is 47.9 Å². The van der Waals surface area contributed by atoms with E-state index in [2.05, 4.69) is 5.16 Å². The lowest BCUT2D eigenvalue weighted by Gasteiger charge is -2.12. The van der Waals surface area contributed by atoms with Crippen LogP contribution in [-0.2, 0) is 14.4 Å². The van der Waals surface area contributed by atoms with Gasteiger partial charge < -0.3 is 9.57 Å². The van der Waals surface area contributed by atoms with E-state index in [1.807, 2.05) is 42.5 Å². The van der Waals surface area contributed by atoms with Crippen LogP contribution in [0.5, 0.6) is 0 Å². The number of hydrogen-bond donors (Lipinski definition) is 0. The Labute approximate surface area is 145 Å². The second-order valence-corrected chi connectivity index (χ2v) is 5.63. The number of carbonyl (C=O) groups is 1. The Balaban J connectivity index is 1.99. The highest BCUT2D eigenvalue weighted by molar-refractivity contribution is 6.30. The third-order valence-electron chi connectivity index (χ3n) is 3.59. The molecule has 5 heteroatoms. The van der Waals surface area contributed by atoms with Crippen LogP contribution in [0.2, 0.25) is 5.02 Å². The van der Waals surface area contributed by atoms with Crippen molar-refractivity contribution in [3.63, 3.8) is 0 Å². The maximum atomic E-state index is 12.0. The summed E-state index contributed by atoms with van der Waals surface area (Å²) in [7, 11) is 0. The van der Waals surface area contributed by atoms with Crippen molar-refractivity contribution in [1.82, 2.24) is 0 Å². The van der Waals surface area contributed by atoms with Crippen molar-refractivity contribution in [3.05, 3.63) is 82.4 Å². The first-order valence-corrected chi connectivity index (χ1v) is 8.00. The van der Waals surface area contributed by atoms with Crippen molar-refractivity contribution in [3.8, 4) is 0 Å². The van der Waals surface area contributed by atoms with Gasteiger partial charge in [-0.1, -0.05) is 59.2 Å². The number of oxime groups is 1. The fourth-order valence-corrected chi connectivity index (χ4v) is 2.61. The molecule has 0 spiro atoms. The second kappa shape index (κ2) is 7.32. The number of esters is 1. The molecule has 1 unspecified atom stereocenters. The molecule has 0 saturated carbocycles. The molecule has 0 aliphatic carbocycles. The van der Waals surface area contributed by atoms with E-state index in [1.54, 1.807) is 19.1 Å². The predicted octanol–water partition coefficient (Wildman–Crippen LogP) is 4.31. The SMILES string of the molecule is CCOC(=O)/C=C1/C(c2ccccc2)=NOC1c1ccc(Cl)cc1. The summed E-state index contributed by atoms with van der Waals surface area (Å²) in [4.78, 5) is 17.6. The van der Waals surface area contributed by atoms with Gasteiger partial charge in [0.05, 0.1) is 6.61 Å². The van der Waals surface area contributed by atoms with Gasteiger partial charge in [0.2, 0.25) is 0 Å². The minimum absolute atomic E-state index is 0.312. The number of rotatable bonds is 4. The Morgan fingerprint density at radius 2 is 1.92 bits per heavy atom. The van der Waals surface area contributed by atoms with Crippen LogP contribution in [0.1, 0.15) is 24.2 Å². The molecule has 0 saturated heterocycles. The molecule has 1 aliphatic rings. The predicted molar refractivity (Wildman–Crippen MR) is 93.0 cm³/mol. The molecular formula is C19H16ClNO3. The summed E-state index contributed by atoms with van der Waals surface area (Å²) < 4.78 is 5.04. The molecule has 0 aromatic heterocycles. The minimum atomic E-state index is -0.470. The molecule has 0 radical (unpaired) electrons. The monoisotopic (exact) mass is 341 g/mol.